The number of aliphatic hydroxyl groups excluding tert-OH is 1. The summed E-state index contributed by atoms with van der Waals surface area (Å²) in [5.41, 5.74) is 3.35. The zero-order valence-corrected chi connectivity index (χ0v) is 34.1. The van der Waals surface area contributed by atoms with Gasteiger partial charge in [0.2, 0.25) is 0 Å². The average Bonchev–Trinajstić information content (AvgIpc) is 2.90. The van der Waals surface area contributed by atoms with Crippen LogP contribution in [0.4, 0.5) is 0 Å². The third-order valence-electron chi connectivity index (χ3n) is 10.5. The highest BCUT2D eigenvalue weighted by Crippen LogP contribution is 2.39. The summed E-state index contributed by atoms with van der Waals surface area (Å²) in [6.45, 7) is 32.0. The first-order valence-corrected chi connectivity index (χ1v) is 24.5. The smallest absolute Gasteiger partial charge is 0.192 e. The monoisotopic (exact) mass is 677 g/mol. The van der Waals surface area contributed by atoms with E-state index < -0.39 is 32.5 Å². The third kappa shape index (κ3) is 11.6. The fourth-order valence-corrected chi connectivity index (χ4v) is 9.18. The molecule has 1 aromatic rings. The van der Waals surface area contributed by atoms with E-state index in [1.165, 1.54) is 0 Å². The number of aryl methyl sites for hydroxylation is 1. The summed E-state index contributed by atoms with van der Waals surface area (Å²) < 4.78 is 33.3. The van der Waals surface area contributed by atoms with E-state index in [9.17, 15) is 5.11 Å². The number of hydrogen-bond acceptors (Lipinski definition) is 5. The summed E-state index contributed by atoms with van der Waals surface area (Å²) in [6, 6.07) is 7.77. The van der Waals surface area contributed by atoms with Gasteiger partial charge in [-0.2, -0.15) is 0 Å². The van der Waals surface area contributed by atoms with E-state index in [2.05, 4.69) is 94.6 Å². The van der Waals surface area contributed by atoms with Crippen molar-refractivity contribution in [2.75, 3.05) is 13.2 Å². The van der Waals surface area contributed by atoms with Gasteiger partial charge in [0.05, 0.1) is 40.0 Å². The molecule has 1 aliphatic carbocycles. The molecule has 1 aromatic carbocycles. The summed E-state index contributed by atoms with van der Waals surface area (Å²) in [5, 5.41) is 13.8. The van der Waals surface area contributed by atoms with Gasteiger partial charge in [-0.05, 0) is 93.8 Å². The van der Waals surface area contributed by atoms with Gasteiger partial charge < -0.3 is 14.0 Å². The topological polar surface area (TPSA) is 68.1 Å². The van der Waals surface area contributed by atoms with Gasteiger partial charge in [0.1, 0.15) is 0 Å². The minimum absolute atomic E-state index is 0.0362. The van der Waals surface area contributed by atoms with Crippen molar-refractivity contribution < 1.29 is 18.2 Å². The lowest BCUT2D eigenvalue weighted by Gasteiger charge is -2.37. The van der Waals surface area contributed by atoms with Crippen molar-refractivity contribution in [2.24, 2.45) is 16.2 Å². The second-order valence-electron chi connectivity index (χ2n) is 16.8. The van der Waals surface area contributed by atoms with Gasteiger partial charge in [-0.15, -0.1) is 0 Å². The fourth-order valence-electron chi connectivity index (χ4n) is 4.97. The van der Waals surface area contributed by atoms with Gasteiger partial charge in [0.15, 0.2) is 16.6 Å². The molecule has 0 bridgehead atoms. The molecule has 1 fully saturated rings. The van der Waals surface area contributed by atoms with Gasteiger partial charge in [-0.3, -0.25) is 0 Å². The van der Waals surface area contributed by atoms with Gasteiger partial charge in [0, 0.05) is 11.3 Å². The Kier molecular flexibility index (Phi) is 14.2. The number of nitrogens with zero attached hydrogens (tertiary/aromatic N) is 1. The average molecular weight is 678 g/mol. The van der Waals surface area contributed by atoms with Crippen molar-refractivity contribution in [1.29, 1.82) is 0 Å². The standard InChI is InChI=1S/C37H67NO4SSi2/c1-28(2)34(26-42-45(13,14)37(8,9)10)38-43(40,32-21-19-29(3)20-22-32)27-31-17-15-16-18-33(31)35(39)25-30(4)23-24-41-44(11,12)36(5,6)7/h19-23,27-28,33-35,39H,15-18,24-26H2,1-14H3/b30-23-,31-27-/t33-,34-,35+,43?/m0/s1. The molecule has 0 amide bonds. The molecule has 1 N–H and O–H groups in total. The molecule has 1 aliphatic rings. The summed E-state index contributed by atoms with van der Waals surface area (Å²) in [6.07, 6.45) is 6.02. The Hall–Kier alpha value is -1.04. The Bertz CT molecular complexity index is 1280. The van der Waals surface area contributed by atoms with E-state index in [4.69, 9.17) is 13.2 Å². The molecular formula is C37H67NO4SSi2. The van der Waals surface area contributed by atoms with Crippen LogP contribution in [-0.2, 0) is 18.6 Å². The molecule has 4 atom stereocenters. The molecule has 0 spiro atoms. The predicted octanol–water partition coefficient (Wildman–Crippen LogP) is 10.7. The molecule has 1 saturated carbocycles. The first kappa shape index (κ1) is 40.1. The highest BCUT2D eigenvalue weighted by molar-refractivity contribution is 7.96. The molecular weight excluding hydrogens is 611 g/mol. The Morgan fingerprint density at radius 2 is 1.56 bits per heavy atom. The molecule has 0 saturated heterocycles. The maximum absolute atomic E-state index is 15.1. The second kappa shape index (κ2) is 15.9. The van der Waals surface area contributed by atoms with E-state index in [0.29, 0.717) is 19.6 Å². The molecule has 2 rings (SSSR count). The lowest BCUT2D eigenvalue weighted by molar-refractivity contribution is 0.111. The molecule has 45 heavy (non-hydrogen) atoms. The quantitative estimate of drug-likeness (QED) is 0.167. The van der Waals surface area contributed by atoms with Crippen molar-refractivity contribution in [3.63, 3.8) is 0 Å². The molecule has 1 unspecified atom stereocenters. The van der Waals surface area contributed by atoms with Crippen LogP contribution in [0.25, 0.3) is 0 Å². The van der Waals surface area contributed by atoms with Crippen LogP contribution in [0.15, 0.2) is 56.2 Å². The Labute approximate surface area is 280 Å². The van der Waals surface area contributed by atoms with E-state index in [1.54, 1.807) is 0 Å². The van der Waals surface area contributed by atoms with E-state index in [1.807, 2.05) is 36.6 Å². The van der Waals surface area contributed by atoms with Crippen LogP contribution in [0.2, 0.25) is 36.3 Å². The van der Waals surface area contributed by atoms with E-state index in [0.717, 1.165) is 47.3 Å². The number of benzene rings is 1. The Balaban J connectivity index is 2.45. The van der Waals surface area contributed by atoms with Crippen LogP contribution in [0, 0.1) is 18.8 Å². The number of rotatable bonds is 13. The number of hydrogen-bond donors (Lipinski definition) is 1. The molecule has 0 aromatic heterocycles. The molecule has 0 heterocycles. The van der Waals surface area contributed by atoms with Crippen LogP contribution < -0.4 is 0 Å². The molecule has 258 valence electrons. The highest BCUT2D eigenvalue weighted by Gasteiger charge is 2.38. The maximum atomic E-state index is 15.1. The van der Waals surface area contributed by atoms with Crippen LogP contribution in [-0.4, -0.2) is 51.3 Å². The normalized spacial score (nSPS) is 21.1. The molecule has 5 nitrogen and oxygen atoms in total. The predicted molar refractivity (Wildman–Crippen MR) is 199 cm³/mol. The van der Waals surface area contributed by atoms with E-state index >= 15 is 4.21 Å². The van der Waals surface area contributed by atoms with Crippen molar-refractivity contribution in [1.82, 2.24) is 0 Å². The first-order valence-electron chi connectivity index (χ1n) is 17.1. The summed E-state index contributed by atoms with van der Waals surface area (Å²) >= 11 is 0. The lowest BCUT2D eigenvalue weighted by Crippen LogP contribution is -2.43. The van der Waals surface area contributed by atoms with Crippen molar-refractivity contribution in [2.45, 2.75) is 155 Å². The molecule has 0 aliphatic heterocycles. The van der Waals surface area contributed by atoms with Crippen molar-refractivity contribution >= 4 is 26.4 Å². The summed E-state index contributed by atoms with van der Waals surface area (Å²) in [5.74, 6) is 0.138. The lowest BCUT2D eigenvalue weighted by atomic mass is 9.80. The van der Waals surface area contributed by atoms with Crippen molar-refractivity contribution in [3.05, 3.63) is 52.5 Å². The Morgan fingerprint density at radius 1 is 1.00 bits per heavy atom. The zero-order chi connectivity index (χ0) is 34.4. The van der Waals surface area contributed by atoms with Gasteiger partial charge in [-0.1, -0.05) is 96.7 Å². The summed E-state index contributed by atoms with van der Waals surface area (Å²) in [4.78, 5) is 0.733. The Morgan fingerprint density at radius 3 is 2.09 bits per heavy atom. The summed E-state index contributed by atoms with van der Waals surface area (Å²) in [7, 11) is -6.75. The second-order valence-corrected chi connectivity index (χ2v) is 28.5. The first-order chi connectivity index (χ1) is 20.5. The van der Waals surface area contributed by atoms with Gasteiger partial charge in [0.25, 0.3) is 0 Å². The van der Waals surface area contributed by atoms with Crippen LogP contribution >= 0.6 is 0 Å². The number of aliphatic hydroxyl groups is 1. The fraction of sp³-hybridized carbons (Fsp3) is 0.730. The largest absolute Gasteiger partial charge is 0.415 e. The minimum atomic E-state index is -2.91. The van der Waals surface area contributed by atoms with Gasteiger partial charge >= 0.3 is 0 Å². The van der Waals surface area contributed by atoms with Gasteiger partial charge in [-0.25, -0.2) is 8.57 Å². The maximum Gasteiger partial charge on any atom is 0.192 e. The molecule has 8 heteroatoms. The SMILES string of the molecule is C/C(=C/CO[Si](C)(C)C(C)(C)C)C[C@@H](O)[C@H]1CCCC/C1=C/S(=O)(=N[C@@H](CO[Si](C)(C)C(C)(C)C)C(C)C)c1ccc(C)cc1. The van der Waals surface area contributed by atoms with E-state index in [-0.39, 0.29) is 28.0 Å². The van der Waals surface area contributed by atoms with Crippen LogP contribution in [0.3, 0.4) is 0 Å². The molecule has 0 radical (unpaired) electrons. The third-order valence-corrected chi connectivity index (χ3v) is 21.7. The van der Waals surface area contributed by atoms with Crippen LogP contribution in [0.5, 0.6) is 0 Å². The van der Waals surface area contributed by atoms with Crippen molar-refractivity contribution in [3.8, 4) is 0 Å². The minimum Gasteiger partial charge on any atom is -0.415 e. The van der Waals surface area contributed by atoms with Crippen LogP contribution in [0.1, 0.15) is 100.0 Å². The highest BCUT2D eigenvalue weighted by atomic mass is 32.2. The zero-order valence-electron chi connectivity index (χ0n) is 31.3.